The molecular weight excluding hydrogens is 288 g/mol. The number of amides is 1. The van der Waals surface area contributed by atoms with Crippen LogP contribution < -0.4 is 5.73 Å². The van der Waals surface area contributed by atoms with Gasteiger partial charge in [-0.1, -0.05) is 39.0 Å². The van der Waals surface area contributed by atoms with Crippen molar-refractivity contribution in [3.8, 4) is 5.69 Å². The van der Waals surface area contributed by atoms with Gasteiger partial charge in [-0.15, -0.1) is 0 Å². The summed E-state index contributed by atoms with van der Waals surface area (Å²) in [4.78, 5) is 14.8. The van der Waals surface area contributed by atoms with Crippen LogP contribution >= 0.6 is 0 Å². The van der Waals surface area contributed by atoms with Crippen molar-refractivity contribution in [1.29, 1.82) is 0 Å². The Morgan fingerprint density at radius 1 is 1.26 bits per heavy atom. The van der Waals surface area contributed by atoms with Gasteiger partial charge in [0.1, 0.15) is 0 Å². The number of aromatic nitrogens is 2. The number of nitrogens with zero attached hydrogens (tertiary/aromatic N) is 3. The van der Waals surface area contributed by atoms with Gasteiger partial charge >= 0.3 is 0 Å². The fraction of sp³-hybridized carbons (Fsp3) is 0.444. The molecule has 1 aromatic heterocycles. The Morgan fingerprint density at radius 2 is 1.96 bits per heavy atom. The van der Waals surface area contributed by atoms with E-state index in [0.717, 1.165) is 24.3 Å². The quantitative estimate of drug-likeness (QED) is 0.926. The van der Waals surface area contributed by atoms with Gasteiger partial charge in [-0.3, -0.25) is 4.79 Å². The molecule has 0 unspecified atom stereocenters. The van der Waals surface area contributed by atoms with Gasteiger partial charge in [-0.25, -0.2) is 4.68 Å². The van der Waals surface area contributed by atoms with Crippen LogP contribution in [0.4, 0.5) is 0 Å². The Kier molecular flexibility index (Phi) is 3.98. The van der Waals surface area contributed by atoms with E-state index in [1.165, 1.54) is 0 Å². The highest BCUT2D eigenvalue weighted by Gasteiger charge is 2.31. The lowest BCUT2D eigenvalue weighted by Gasteiger charge is -2.20. The van der Waals surface area contributed by atoms with Gasteiger partial charge in [0.05, 0.1) is 16.9 Å². The number of nitrogens with two attached hydrogens (primary N) is 1. The molecule has 0 saturated carbocycles. The largest absolute Gasteiger partial charge is 0.337 e. The van der Waals surface area contributed by atoms with E-state index in [0.29, 0.717) is 12.1 Å². The highest BCUT2D eigenvalue weighted by Crippen LogP contribution is 2.27. The van der Waals surface area contributed by atoms with Crippen molar-refractivity contribution in [3.63, 3.8) is 0 Å². The SMILES string of the molecule is CC(C)(C)c1nn(-c2ccccc2)cc1C(=O)N1CC[C@H](N)C1. The van der Waals surface area contributed by atoms with Crippen LogP contribution in [0.1, 0.15) is 43.2 Å². The maximum absolute atomic E-state index is 12.9. The van der Waals surface area contributed by atoms with Crippen molar-refractivity contribution in [3.05, 3.63) is 47.8 Å². The van der Waals surface area contributed by atoms with E-state index in [1.54, 1.807) is 4.68 Å². The topological polar surface area (TPSA) is 64.2 Å². The van der Waals surface area contributed by atoms with E-state index < -0.39 is 0 Å². The minimum absolute atomic E-state index is 0.0325. The highest BCUT2D eigenvalue weighted by atomic mass is 16.2. The Balaban J connectivity index is 2.01. The predicted octanol–water partition coefficient (Wildman–Crippen LogP) is 2.34. The molecule has 1 aliphatic heterocycles. The fourth-order valence-electron chi connectivity index (χ4n) is 2.94. The van der Waals surface area contributed by atoms with Crippen LogP contribution in [0.3, 0.4) is 0 Å². The molecule has 0 bridgehead atoms. The first-order valence-corrected chi connectivity index (χ1v) is 8.06. The summed E-state index contributed by atoms with van der Waals surface area (Å²) in [5.74, 6) is 0.0325. The van der Waals surface area contributed by atoms with E-state index in [2.05, 4.69) is 20.8 Å². The van der Waals surface area contributed by atoms with Gasteiger partial charge in [0.2, 0.25) is 0 Å². The minimum Gasteiger partial charge on any atom is -0.337 e. The number of para-hydroxylation sites is 1. The molecule has 122 valence electrons. The molecule has 2 heterocycles. The molecule has 1 fully saturated rings. The summed E-state index contributed by atoms with van der Waals surface area (Å²) in [5.41, 5.74) is 8.20. The second kappa shape index (κ2) is 5.81. The second-order valence-electron chi connectivity index (χ2n) is 7.22. The lowest BCUT2D eigenvalue weighted by Crippen LogP contribution is -2.33. The number of likely N-dealkylation sites (tertiary alicyclic amines) is 1. The van der Waals surface area contributed by atoms with Crippen molar-refractivity contribution in [1.82, 2.24) is 14.7 Å². The van der Waals surface area contributed by atoms with E-state index in [9.17, 15) is 4.79 Å². The summed E-state index contributed by atoms with van der Waals surface area (Å²) in [7, 11) is 0. The van der Waals surface area contributed by atoms with Gasteiger partial charge in [0.15, 0.2) is 0 Å². The summed E-state index contributed by atoms with van der Waals surface area (Å²) in [5, 5.41) is 4.70. The molecule has 0 radical (unpaired) electrons. The van der Waals surface area contributed by atoms with Crippen LogP contribution in [0, 0.1) is 0 Å². The molecule has 2 aromatic rings. The van der Waals surface area contributed by atoms with Crippen LogP contribution in [0.15, 0.2) is 36.5 Å². The highest BCUT2D eigenvalue weighted by molar-refractivity contribution is 5.95. The van der Waals surface area contributed by atoms with Crippen LogP contribution in [-0.4, -0.2) is 39.7 Å². The first-order chi connectivity index (χ1) is 10.9. The normalized spacial score (nSPS) is 18.4. The van der Waals surface area contributed by atoms with Gasteiger partial charge in [-0.2, -0.15) is 5.10 Å². The number of hydrogen-bond donors (Lipinski definition) is 1. The molecule has 1 atom stereocenters. The lowest BCUT2D eigenvalue weighted by molar-refractivity contribution is 0.0788. The van der Waals surface area contributed by atoms with Gasteiger partial charge in [0.25, 0.3) is 5.91 Å². The molecule has 1 aromatic carbocycles. The smallest absolute Gasteiger partial charge is 0.257 e. The van der Waals surface area contributed by atoms with Crippen LogP contribution in [0.25, 0.3) is 5.69 Å². The van der Waals surface area contributed by atoms with Crippen molar-refractivity contribution < 1.29 is 4.79 Å². The van der Waals surface area contributed by atoms with E-state index in [4.69, 9.17) is 10.8 Å². The van der Waals surface area contributed by atoms with Crippen LogP contribution in [0.2, 0.25) is 0 Å². The molecule has 5 nitrogen and oxygen atoms in total. The van der Waals surface area contributed by atoms with Crippen LogP contribution in [0.5, 0.6) is 0 Å². The fourth-order valence-corrected chi connectivity index (χ4v) is 2.94. The zero-order valence-electron chi connectivity index (χ0n) is 14.0. The molecule has 1 aliphatic rings. The third-order valence-corrected chi connectivity index (χ3v) is 4.19. The zero-order valence-corrected chi connectivity index (χ0v) is 14.0. The first kappa shape index (κ1) is 15.7. The molecular formula is C18H24N4O. The summed E-state index contributed by atoms with van der Waals surface area (Å²) in [6.07, 6.45) is 2.71. The number of carbonyl (C=O) groups is 1. The molecule has 5 heteroatoms. The zero-order chi connectivity index (χ0) is 16.6. The van der Waals surface area contributed by atoms with E-state index in [1.807, 2.05) is 41.4 Å². The number of rotatable bonds is 2. The van der Waals surface area contributed by atoms with E-state index in [-0.39, 0.29) is 17.4 Å². The average Bonchev–Trinajstić information content (AvgIpc) is 3.13. The Labute approximate surface area is 137 Å². The first-order valence-electron chi connectivity index (χ1n) is 8.06. The maximum atomic E-state index is 12.9. The Bertz CT molecular complexity index is 700. The molecule has 1 saturated heterocycles. The minimum atomic E-state index is -0.202. The Hall–Kier alpha value is -2.14. The van der Waals surface area contributed by atoms with Crippen molar-refractivity contribution in [2.75, 3.05) is 13.1 Å². The third kappa shape index (κ3) is 3.15. The maximum Gasteiger partial charge on any atom is 0.257 e. The summed E-state index contributed by atoms with van der Waals surface area (Å²) in [6.45, 7) is 7.59. The number of carbonyl (C=O) groups excluding carboxylic acids is 1. The monoisotopic (exact) mass is 312 g/mol. The standard InChI is InChI=1S/C18H24N4O/c1-18(2,3)16-15(17(23)21-10-9-13(19)11-21)12-22(20-16)14-7-5-4-6-8-14/h4-8,12-13H,9-11,19H2,1-3H3/t13-/m0/s1. The second-order valence-corrected chi connectivity index (χ2v) is 7.22. The molecule has 23 heavy (non-hydrogen) atoms. The van der Waals surface area contributed by atoms with Crippen LogP contribution in [-0.2, 0) is 5.41 Å². The lowest BCUT2D eigenvalue weighted by atomic mass is 9.89. The summed E-state index contributed by atoms with van der Waals surface area (Å²) < 4.78 is 1.80. The number of benzene rings is 1. The van der Waals surface area contributed by atoms with Gasteiger partial charge in [0, 0.05) is 30.7 Å². The molecule has 3 rings (SSSR count). The molecule has 0 aliphatic carbocycles. The molecule has 1 amide bonds. The molecule has 2 N–H and O–H groups in total. The predicted molar refractivity (Wildman–Crippen MR) is 90.8 cm³/mol. The number of hydrogen-bond acceptors (Lipinski definition) is 3. The summed E-state index contributed by atoms with van der Waals surface area (Å²) >= 11 is 0. The third-order valence-electron chi connectivity index (χ3n) is 4.19. The van der Waals surface area contributed by atoms with E-state index >= 15 is 0 Å². The van der Waals surface area contributed by atoms with Crippen molar-refractivity contribution >= 4 is 5.91 Å². The van der Waals surface area contributed by atoms with Crippen molar-refractivity contribution in [2.24, 2.45) is 5.73 Å². The molecule has 0 spiro atoms. The van der Waals surface area contributed by atoms with Crippen molar-refractivity contribution in [2.45, 2.75) is 38.6 Å². The van der Waals surface area contributed by atoms with Gasteiger partial charge < -0.3 is 10.6 Å². The summed E-state index contributed by atoms with van der Waals surface area (Å²) in [6, 6.07) is 9.96. The van der Waals surface area contributed by atoms with Gasteiger partial charge in [-0.05, 0) is 18.6 Å². The Morgan fingerprint density at radius 3 is 2.52 bits per heavy atom. The average molecular weight is 312 g/mol.